The van der Waals surface area contributed by atoms with Gasteiger partial charge in [-0.3, -0.25) is 4.79 Å². The van der Waals surface area contributed by atoms with Crippen LogP contribution in [-0.4, -0.2) is 98.7 Å². The number of aliphatic hydroxyl groups is 6. The Morgan fingerprint density at radius 2 is 1.24 bits per heavy atom. The molecule has 250 valence electrons. The molecule has 5 unspecified atom stereocenters. The molecule has 0 spiro atoms. The first kappa shape index (κ1) is 39.2. The maximum Gasteiger partial charge on any atom is 0.220 e. The summed E-state index contributed by atoms with van der Waals surface area (Å²) in [6.45, 7) is 3.45. The minimum Gasteiger partial charge on any atom is -0.394 e. The van der Waals surface area contributed by atoms with Gasteiger partial charge in [-0.2, -0.15) is 0 Å². The van der Waals surface area contributed by atoms with Crippen LogP contribution in [0.3, 0.4) is 0 Å². The van der Waals surface area contributed by atoms with E-state index in [0.717, 1.165) is 51.4 Å². The van der Waals surface area contributed by atoms with Crippen LogP contribution in [0.15, 0.2) is 0 Å². The minimum absolute atomic E-state index is 0.273. The number of carbonyl (C=O) groups excluding carboxylic acids is 1. The fourth-order valence-electron chi connectivity index (χ4n) is 5.43. The smallest absolute Gasteiger partial charge is 0.220 e. The van der Waals surface area contributed by atoms with Gasteiger partial charge in [0.15, 0.2) is 6.29 Å². The molecule has 1 fully saturated rings. The van der Waals surface area contributed by atoms with E-state index in [1.165, 1.54) is 51.4 Å². The zero-order valence-corrected chi connectivity index (χ0v) is 26.4. The maximum absolute atomic E-state index is 12.6. The van der Waals surface area contributed by atoms with Crippen molar-refractivity contribution in [3.8, 4) is 0 Å². The summed E-state index contributed by atoms with van der Waals surface area (Å²) in [5.74, 6) is -0.273. The molecule has 0 aromatic carbocycles. The molecule has 1 aliphatic heterocycles. The lowest BCUT2D eigenvalue weighted by atomic mass is 9.98. The predicted molar refractivity (Wildman–Crippen MR) is 163 cm³/mol. The average molecular weight is 606 g/mol. The third-order valence-corrected chi connectivity index (χ3v) is 8.30. The number of rotatable bonds is 26. The van der Waals surface area contributed by atoms with Crippen LogP contribution in [0.25, 0.3) is 0 Å². The van der Waals surface area contributed by atoms with Crippen molar-refractivity contribution in [2.75, 3.05) is 13.2 Å². The lowest BCUT2D eigenvalue weighted by Crippen LogP contribution is -2.60. The van der Waals surface area contributed by atoms with E-state index in [1.54, 1.807) is 0 Å². The molecule has 0 aromatic heterocycles. The highest BCUT2D eigenvalue weighted by Crippen LogP contribution is 2.23. The summed E-state index contributed by atoms with van der Waals surface area (Å²) >= 11 is 0. The number of hydrogen-bond donors (Lipinski definition) is 7. The highest BCUT2D eigenvalue weighted by molar-refractivity contribution is 5.76. The van der Waals surface area contributed by atoms with E-state index in [9.17, 15) is 35.4 Å². The van der Waals surface area contributed by atoms with Crippen molar-refractivity contribution >= 4 is 5.91 Å². The zero-order valence-electron chi connectivity index (χ0n) is 26.4. The van der Waals surface area contributed by atoms with Gasteiger partial charge in [-0.1, -0.05) is 117 Å². The predicted octanol–water partition coefficient (Wildman–Crippen LogP) is 3.46. The van der Waals surface area contributed by atoms with Gasteiger partial charge < -0.3 is 45.4 Å². The van der Waals surface area contributed by atoms with Crippen molar-refractivity contribution in [2.24, 2.45) is 0 Å². The van der Waals surface area contributed by atoms with Crippen molar-refractivity contribution in [2.45, 2.75) is 185 Å². The van der Waals surface area contributed by atoms with Crippen molar-refractivity contribution < 1.29 is 44.9 Å². The zero-order chi connectivity index (χ0) is 31.2. The molecular formula is C32H63NO9. The Hall–Kier alpha value is -0.850. The number of amides is 1. The van der Waals surface area contributed by atoms with Crippen LogP contribution in [-0.2, 0) is 14.3 Å². The quantitative estimate of drug-likeness (QED) is 0.0730. The maximum atomic E-state index is 12.6. The molecule has 42 heavy (non-hydrogen) atoms. The van der Waals surface area contributed by atoms with Gasteiger partial charge in [-0.25, -0.2) is 0 Å². The average Bonchev–Trinajstić information content (AvgIpc) is 2.98. The first-order valence-corrected chi connectivity index (χ1v) is 16.8. The van der Waals surface area contributed by atoms with Crippen molar-refractivity contribution in [1.82, 2.24) is 5.32 Å². The Labute approximate surface area is 254 Å². The number of ether oxygens (including phenoxy) is 2. The fraction of sp³-hybridized carbons (Fsp3) is 0.969. The number of carbonyl (C=O) groups is 1. The first-order chi connectivity index (χ1) is 20.3. The minimum atomic E-state index is -1.60. The molecule has 0 aliphatic carbocycles. The Kier molecular flexibility index (Phi) is 22.8. The second-order valence-electron chi connectivity index (χ2n) is 12.1. The van der Waals surface area contributed by atoms with Gasteiger partial charge in [0.2, 0.25) is 5.91 Å². The summed E-state index contributed by atoms with van der Waals surface area (Å²) in [6, 6.07) is -0.979. The molecule has 0 aromatic rings. The van der Waals surface area contributed by atoms with Gasteiger partial charge in [0.1, 0.15) is 30.5 Å². The SMILES string of the molecule is CCCCCCCCCCCCCC[C@@H](O)[C@@H](O)[C@H](COC1OC(CO)C(O)C(O)C1O)NC(=O)CCCCCCC. The number of nitrogens with one attached hydrogen (secondary N) is 1. The summed E-state index contributed by atoms with van der Waals surface area (Å²) in [5, 5.41) is 64.2. The molecule has 10 heteroatoms. The van der Waals surface area contributed by atoms with Crippen molar-refractivity contribution in [3.05, 3.63) is 0 Å². The molecular weight excluding hydrogens is 542 g/mol. The normalized spacial score (nSPS) is 24.8. The Bertz CT molecular complexity index is 653. The molecule has 1 saturated heterocycles. The highest BCUT2D eigenvalue weighted by Gasteiger charge is 2.44. The number of unbranched alkanes of at least 4 members (excludes halogenated alkanes) is 15. The van der Waals surface area contributed by atoms with E-state index >= 15 is 0 Å². The van der Waals surface area contributed by atoms with Crippen molar-refractivity contribution in [1.29, 1.82) is 0 Å². The van der Waals surface area contributed by atoms with Crippen LogP contribution < -0.4 is 5.32 Å². The monoisotopic (exact) mass is 605 g/mol. The molecule has 0 radical (unpaired) electrons. The topological polar surface area (TPSA) is 169 Å². The second-order valence-corrected chi connectivity index (χ2v) is 12.1. The number of hydrogen-bond acceptors (Lipinski definition) is 9. The fourth-order valence-corrected chi connectivity index (χ4v) is 5.43. The number of aliphatic hydroxyl groups excluding tert-OH is 6. The van der Waals surface area contributed by atoms with Crippen LogP contribution >= 0.6 is 0 Å². The van der Waals surface area contributed by atoms with Crippen LogP contribution in [0.1, 0.15) is 136 Å². The molecule has 0 saturated carbocycles. The molecule has 7 N–H and O–H groups in total. The van der Waals surface area contributed by atoms with Crippen molar-refractivity contribution in [3.63, 3.8) is 0 Å². The summed E-state index contributed by atoms with van der Waals surface area (Å²) in [5.41, 5.74) is 0. The van der Waals surface area contributed by atoms with Gasteiger partial charge in [-0.05, 0) is 12.8 Å². The Morgan fingerprint density at radius 3 is 1.76 bits per heavy atom. The molecule has 0 bridgehead atoms. The standard InChI is InChI=1S/C32H63NO9/c1-3-5-7-9-10-11-12-13-14-15-17-18-20-25(35)28(37)24(33-27(36)21-19-16-8-6-4-2)23-41-32-31(40)30(39)29(38)26(22-34)42-32/h24-26,28-32,34-35,37-40H,3-23H2,1-2H3,(H,33,36)/t24-,25+,26?,28-,29?,30?,31?,32?/m0/s1. The molecule has 1 heterocycles. The largest absolute Gasteiger partial charge is 0.394 e. The first-order valence-electron chi connectivity index (χ1n) is 16.8. The van der Waals surface area contributed by atoms with E-state index in [1.807, 2.05) is 0 Å². The van der Waals surface area contributed by atoms with Gasteiger partial charge in [0, 0.05) is 6.42 Å². The lowest BCUT2D eigenvalue weighted by molar-refractivity contribution is -0.303. The third kappa shape index (κ3) is 16.3. The van der Waals surface area contributed by atoms with Crippen LogP contribution in [0.5, 0.6) is 0 Å². The summed E-state index contributed by atoms with van der Waals surface area (Å²) in [6.07, 6.45) is 10.3. The van der Waals surface area contributed by atoms with Gasteiger partial charge in [-0.15, -0.1) is 0 Å². The third-order valence-electron chi connectivity index (χ3n) is 8.30. The molecule has 8 atom stereocenters. The molecule has 1 aliphatic rings. The highest BCUT2D eigenvalue weighted by atomic mass is 16.7. The van der Waals surface area contributed by atoms with Crippen LogP contribution in [0.2, 0.25) is 0 Å². The second kappa shape index (κ2) is 24.5. The van der Waals surface area contributed by atoms with E-state index in [4.69, 9.17) is 9.47 Å². The van der Waals surface area contributed by atoms with E-state index in [2.05, 4.69) is 19.2 Å². The van der Waals surface area contributed by atoms with E-state index in [0.29, 0.717) is 12.8 Å². The lowest BCUT2D eigenvalue weighted by Gasteiger charge is -2.40. The molecule has 10 nitrogen and oxygen atoms in total. The van der Waals surface area contributed by atoms with Gasteiger partial charge >= 0.3 is 0 Å². The van der Waals surface area contributed by atoms with Crippen LogP contribution in [0.4, 0.5) is 0 Å². The summed E-state index contributed by atoms with van der Waals surface area (Å²) in [4.78, 5) is 12.6. The molecule has 1 amide bonds. The van der Waals surface area contributed by atoms with E-state index < -0.39 is 55.6 Å². The van der Waals surface area contributed by atoms with Gasteiger partial charge in [0.05, 0.1) is 25.4 Å². The van der Waals surface area contributed by atoms with Crippen LogP contribution in [0, 0.1) is 0 Å². The molecule has 1 rings (SSSR count). The summed E-state index contributed by atoms with van der Waals surface area (Å²) in [7, 11) is 0. The van der Waals surface area contributed by atoms with E-state index in [-0.39, 0.29) is 18.9 Å². The van der Waals surface area contributed by atoms with Gasteiger partial charge in [0.25, 0.3) is 0 Å². The Morgan fingerprint density at radius 1 is 0.738 bits per heavy atom. The Balaban J connectivity index is 2.52. The summed E-state index contributed by atoms with van der Waals surface area (Å²) < 4.78 is 11.0.